The van der Waals surface area contributed by atoms with Crippen LogP contribution in [-0.4, -0.2) is 23.3 Å². The Hall–Kier alpha value is -3.48. The van der Waals surface area contributed by atoms with Crippen molar-refractivity contribution in [2.24, 2.45) is 0 Å². The van der Waals surface area contributed by atoms with Gasteiger partial charge in [0.15, 0.2) is 0 Å². The Morgan fingerprint density at radius 3 is 2.41 bits per heavy atom. The summed E-state index contributed by atoms with van der Waals surface area (Å²) in [7, 11) is 0. The zero-order valence-electron chi connectivity index (χ0n) is 17.3. The van der Waals surface area contributed by atoms with Gasteiger partial charge in [-0.15, -0.1) is 11.3 Å². The molecule has 5 nitrogen and oxygen atoms in total. The number of aromatic nitrogens is 1. The van der Waals surface area contributed by atoms with Crippen molar-refractivity contribution in [3.8, 4) is 21.8 Å². The van der Waals surface area contributed by atoms with Gasteiger partial charge in [0, 0.05) is 32.8 Å². The quantitative estimate of drug-likeness (QED) is 0.380. The minimum atomic E-state index is -0.333. The molecule has 1 aromatic heterocycles. The minimum Gasteiger partial charge on any atom is -0.343 e. The third-order valence-corrected chi connectivity index (χ3v) is 5.99. The summed E-state index contributed by atoms with van der Waals surface area (Å²) in [6, 6.07) is 22.1. The normalized spacial score (nSPS) is 10.6. The van der Waals surface area contributed by atoms with Gasteiger partial charge in [-0.1, -0.05) is 48.0 Å². The van der Waals surface area contributed by atoms with Crippen molar-refractivity contribution < 1.29 is 9.59 Å². The van der Waals surface area contributed by atoms with Crippen LogP contribution in [0.25, 0.3) is 21.8 Å². The van der Waals surface area contributed by atoms with Gasteiger partial charge in [0.1, 0.15) is 5.01 Å². The van der Waals surface area contributed by atoms with E-state index in [1.54, 1.807) is 35.6 Å². The molecule has 0 aliphatic rings. The summed E-state index contributed by atoms with van der Waals surface area (Å²) >= 11 is 7.43. The maximum absolute atomic E-state index is 12.2. The van der Waals surface area contributed by atoms with E-state index in [2.05, 4.69) is 29.7 Å². The number of nitrogens with zero attached hydrogens (tertiary/aromatic N) is 1. The van der Waals surface area contributed by atoms with Crippen molar-refractivity contribution in [3.63, 3.8) is 0 Å². The Bertz CT molecular complexity index is 1250. The molecule has 7 heteroatoms. The van der Waals surface area contributed by atoms with Crippen LogP contribution in [0.3, 0.4) is 0 Å². The Kier molecular flexibility index (Phi) is 6.63. The van der Waals surface area contributed by atoms with Crippen LogP contribution < -0.4 is 10.6 Å². The Labute approximate surface area is 195 Å². The third kappa shape index (κ3) is 5.22. The first-order valence-corrected chi connectivity index (χ1v) is 11.2. The number of aryl methyl sites for hydroxylation is 1. The van der Waals surface area contributed by atoms with Crippen molar-refractivity contribution in [3.05, 3.63) is 94.3 Å². The van der Waals surface area contributed by atoms with Crippen LogP contribution in [0.4, 0.5) is 5.69 Å². The van der Waals surface area contributed by atoms with Gasteiger partial charge < -0.3 is 10.6 Å². The maximum atomic E-state index is 12.2. The summed E-state index contributed by atoms with van der Waals surface area (Å²) in [6.07, 6.45) is 0. The van der Waals surface area contributed by atoms with E-state index >= 15 is 0 Å². The van der Waals surface area contributed by atoms with Crippen molar-refractivity contribution >= 4 is 40.4 Å². The number of hydrogen-bond acceptors (Lipinski definition) is 4. The monoisotopic (exact) mass is 461 g/mol. The lowest BCUT2D eigenvalue weighted by atomic mass is 10.1. The molecule has 1 heterocycles. The van der Waals surface area contributed by atoms with Crippen molar-refractivity contribution in [1.29, 1.82) is 0 Å². The highest BCUT2D eigenvalue weighted by Gasteiger charge is 2.10. The van der Waals surface area contributed by atoms with E-state index < -0.39 is 0 Å². The fourth-order valence-electron chi connectivity index (χ4n) is 3.14. The van der Waals surface area contributed by atoms with Crippen LogP contribution >= 0.6 is 22.9 Å². The molecule has 0 unspecified atom stereocenters. The second-order valence-electron chi connectivity index (χ2n) is 7.17. The second-order valence-corrected chi connectivity index (χ2v) is 8.46. The first-order valence-electron chi connectivity index (χ1n) is 9.95. The number of thiazole rings is 1. The Balaban J connectivity index is 1.35. The molecular formula is C25H20ClN3O2S. The van der Waals surface area contributed by atoms with Crippen LogP contribution in [0, 0.1) is 6.92 Å². The summed E-state index contributed by atoms with van der Waals surface area (Å²) in [5.41, 5.74) is 5.27. The van der Waals surface area contributed by atoms with Crippen LogP contribution in [-0.2, 0) is 4.79 Å². The molecule has 0 bridgehead atoms. The van der Waals surface area contributed by atoms with Gasteiger partial charge in [-0.25, -0.2) is 4.98 Å². The highest BCUT2D eigenvalue weighted by atomic mass is 35.5. The van der Waals surface area contributed by atoms with E-state index in [1.807, 2.05) is 41.8 Å². The van der Waals surface area contributed by atoms with E-state index in [-0.39, 0.29) is 18.4 Å². The smallest absolute Gasteiger partial charge is 0.251 e. The summed E-state index contributed by atoms with van der Waals surface area (Å²) in [4.78, 5) is 29.1. The number of halogens is 1. The van der Waals surface area contributed by atoms with Gasteiger partial charge >= 0.3 is 0 Å². The Morgan fingerprint density at radius 1 is 0.969 bits per heavy atom. The van der Waals surface area contributed by atoms with E-state index in [4.69, 9.17) is 16.6 Å². The molecule has 2 N–H and O–H groups in total. The summed E-state index contributed by atoms with van der Waals surface area (Å²) in [5, 5.41) is 8.93. The molecule has 0 saturated heterocycles. The predicted octanol–water partition coefficient (Wildman–Crippen LogP) is 5.81. The fourth-order valence-corrected chi connectivity index (χ4v) is 4.18. The molecule has 0 atom stereocenters. The molecular weight excluding hydrogens is 442 g/mol. The number of carbonyl (C=O) groups excluding carboxylic acids is 2. The van der Waals surface area contributed by atoms with Crippen molar-refractivity contribution in [1.82, 2.24) is 10.3 Å². The van der Waals surface area contributed by atoms with E-state index in [9.17, 15) is 9.59 Å². The fraction of sp³-hybridized carbons (Fsp3) is 0.0800. The molecule has 0 aliphatic carbocycles. The predicted molar refractivity (Wildman–Crippen MR) is 130 cm³/mol. The zero-order chi connectivity index (χ0) is 22.5. The molecule has 2 amide bonds. The van der Waals surface area contributed by atoms with Gasteiger partial charge in [0.2, 0.25) is 5.91 Å². The highest BCUT2D eigenvalue weighted by Crippen LogP contribution is 2.31. The van der Waals surface area contributed by atoms with Crippen molar-refractivity contribution in [2.75, 3.05) is 11.9 Å². The summed E-state index contributed by atoms with van der Waals surface area (Å²) < 4.78 is 0. The molecule has 0 saturated carbocycles. The highest BCUT2D eigenvalue weighted by molar-refractivity contribution is 7.13. The third-order valence-electron chi connectivity index (χ3n) is 4.86. The minimum absolute atomic E-state index is 0.130. The largest absolute Gasteiger partial charge is 0.343 e. The van der Waals surface area contributed by atoms with Gasteiger partial charge in [-0.3, -0.25) is 9.59 Å². The van der Waals surface area contributed by atoms with E-state index in [1.165, 1.54) is 5.56 Å². The van der Waals surface area contributed by atoms with Gasteiger partial charge in [-0.05, 0) is 48.9 Å². The number of hydrogen-bond donors (Lipinski definition) is 2. The summed E-state index contributed by atoms with van der Waals surface area (Å²) in [6.45, 7) is 1.95. The van der Waals surface area contributed by atoms with Gasteiger partial charge in [0.25, 0.3) is 5.91 Å². The van der Waals surface area contributed by atoms with E-state index in [0.29, 0.717) is 16.3 Å². The molecule has 4 rings (SSSR count). The number of anilines is 1. The lowest BCUT2D eigenvalue weighted by Gasteiger charge is -2.08. The number of rotatable bonds is 6. The molecule has 4 aromatic rings. The molecule has 0 aliphatic heterocycles. The molecule has 3 aromatic carbocycles. The lowest BCUT2D eigenvalue weighted by Crippen LogP contribution is -2.32. The molecule has 0 radical (unpaired) electrons. The first kappa shape index (κ1) is 21.7. The van der Waals surface area contributed by atoms with Gasteiger partial charge in [-0.2, -0.15) is 0 Å². The summed E-state index contributed by atoms with van der Waals surface area (Å²) in [5.74, 6) is -0.643. The Morgan fingerprint density at radius 2 is 1.69 bits per heavy atom. The van der Waals surface area contributed by atoms with Gasteiger partial charge in [0.05, 0.1) is 12.2 Å². The average molecular weight is 462 g/mol. The number of amides is 2. The number of nitrogens with one attached hydrogen (secondary N) is 2. The molecule has 0 fully saturated rings. The topological polar surface area (TPSA) is 71.1 Å². The number of carbonyl (C=O) groups is 2. The molecule has 0 spiro atoms. The van der Waals surface area contributed by atoms with Crippen LogP contribution in [0.1, 0.15) is 15.9 Å². The molecule has 160 valence electrons. The SMILES string of the molecule is Cc1ccccc1-c1nc(-c2ccc(NC(=O)CNC(=O)c3ccc(Cl)cc3)cc2)cs1. The number of benzene rings is 3. The zero-order valence-corrected chi connectivity index (χ0v) is 18.8. The van der Waals surface area contributed by atoms with Crippen LogP contribution in [0.5, 0.6) is 0 Å². The van der Waals surface area contributed by atoms with Crippen LogP contribution in [0.15, 0.2) is 78.2 Å². The standard InChI is InChI=1S/C25H20ClN3O2S/c1-16-4-2-3-5-21(16)25-29-22(15-32-25)17-8-12-20(13-9-17)28-23(30)14-27-24(31)18-6-10-19(26)11-7-18/h2-13,15H,14H2,1H3,(H,27,31)(H,28,30). The molecule has 32 heavy (non-hydrogen) atoms. The first-order chi connectivity index (χ1) is 15.5. The van der Waals surface area contributed by atoms with Crippen molar-refractivity contribution in [2.45, 2.75) is 6.92 Å². The van der Waals surface area contributed by atoms with Crippen LogP contribution in [0.2, 0.25) is 5.02 Å². The average Bonchev–Trinajstić information content (AvgIpc) is 3.29. The van der Waals surface area contributed by atoms with E-state index in [0.717, 1.165) is 21.8 Å². The lowest BCUT2D eigenvalue weighted by molar-refractivity contribution is -0.115. The second kappa shape index (κ2) is 9.77. The maximum Gasteiger partial charge on any atom is 0.251 e.